The highest BCUT2D eigenvalue weighted by atomic mass is 16.7. The molecule has 3 aliphatic heterocycles. The summed E-state index contributed by atoms with van der Waals surface area (Å²) in [6.07, 6.45) is -2.18. The Morgan fingerprint density at radius 3 is 2.50 bits per heavy atom. The number of carbonyl (C=O) groups excluding carboxylic acids is 2. The number of nitrogens with zero attached hydrogens (tertiary/aromatic N) is 1. The summed E-state index contributed by atoms with van der Waals surface area (Å²) in [5.41, 5.74) is 2.15. The maximum atomic E-state index is 12.7. The minimum absolute atomic E-state index is 0.00939. The van der Waals surface area contributed by atoms with E-state index in [1.165, 1.54) is 6.26 Å². The molecule has 3 aliphatic rings. The second-order valence-electron chi connectivity index (χ2n) is 11.7. The Bertz CT molecular complexity index is 1320. The number of hydrogen-bond acceptors (Lipinski definition) is 11. The molecule has 1 aromatic carbocycles. The van der Waals surface area contributed by atoms with Gasteiger partial charge in [0.25, 0.3) is 5.91 Å². The van der Waals surface area contributed by atoms with E-state index in [2.05, 4.69) is 17.2 Å². The van der Waals surface area contributed by atoms with Crippen LogP contribution in [0, 0.1) is 5.92 Å². The number of esters is 1. The molecule has 5 N–H and O–H groups in total. The molecule has 240 valence electrons. The van der Waals surface area contributed by atoms with Gasteiger partial charge in [-0.1, -0.05) is 44.0 Å². The number of oxazole rings is 1. The molecule has 0 aliphatic carbocycles. The highest BCUT2D eigenvalue weighted by molar-refractivity contribution is 5.91. The second-order valence-corrected chi connectivity index (χ2v) is 11.7. The molecular formula is C31H40N2O11. The Labute approximate surface area is 254 Å². The maximum absolute atomic E-state index is 12.7. The molecule has 0 unspecified atom stereocenters. The summed E-state index contributed by atoms with van der Waals surface area (Å²) in [7, 11) is 0. The normalized spacial score (nSPS) is 31.1. The Balaban J connectivity index is 1.22. The van der Waals surface area contributed by atoms with Crippen molar-refractivity contribution in [1.29, 1.82) is 0 Å². The smallest absolute Gasteiger partial charge is 0.335 e. The van der Waals surface area contributed by atoms with E-state index in [0.29, 0.717) is 25.3 Å². The number of carbonyl (C=O) groups is 3. The van der Waals surface area contributed by atoms with Gasteiger partial charge in [-0.05, 0) is 43.2 Å². The average molecular weight is 617 g/mol. The Morgan fingerprint density at radius 1 is 1.00 bits per heavy atom. The maximum Gasteiger partial charge on any atom is 0.335 e. The zero-order valence-corrected chi connectivity index (χ0v) is 24.5. The van der Waals surface area contributed by atoms with Crippen molar-refractivity contribution in [3.8, 4) is 0 Å². The lowest BCUT2D eigenvalue weighted by molar-refractivity contribution is -0.286. The predicted octanol–water partition coefficient (Wildman–Crippen LogP) is 1.47. The molecule has 3 fully saturated rings. The molecule has 9 atom stereocenters. The minimum atomic E-state index is -1.88. The summed E-state index contributed by atoms with van der Waals surface area (Å²) in [5, 5.41) is 42.1. The van der Waals surface area contributed by atoms with E-state index in [1.54, 1.807) is 0 Å². The van der Waals surface area contributed by atoms with Crippen LogP contribution in [0.4, 0.5) is 0 Å². The van der Waals surface area contributed by atoms with Crippen molar-refractivity contribution < 1.29 is 53.4 Å². The lowest BCUT2D eigenvalue weighted by atomic mass is 9.75. The SMILES string of the molecule is CCCCCNC(=O)c1coc([C@H]2[C@@H](Cc3ccccc3CCC(=O)O[C@@H]3O[C@H](C(=O)O)[C@@H](O)[C@H](O)[C@H]3O)[C@@H]3CC[C@H]2O3)n1. The number of aromatic nitrogens is 1. The van der Waals surface area contributed by atoms with Crippen LogP contribution in [0.15, 0.2) is 34.9 Å². The first-order valence-electron chi connectivity index (χ1n) is 15.3. The van der Waals surface area contributed by atoms with Gasteiger partial charge in [0.15, 0.2) is 11.8 Å². The van der Waals surface area contributed by atoms with Crippen LogP contribution in [-0.4, -0.2) is 92.7 Å². The van der Waals surface area contributed by atoms with Crippen molar-refractivity contribution in [2.24, 2.45) is 5.92 Å². The number of aliphatic carboxylic acids is 1. The van der Waals surface area contributed by atoms with Crippen LogP contribution in [0.3, 0.4) is 0 Å². The Kier molecular flexibility index (Phi) is 10.3. The molecule has 44 heavy (non-hydrogen) atoms. The number of carboxylic acids is 1. The molecule has 4 heterocycles. The third-order valence-electron chi connectivity index (χ3n) is 8.76. The van der Waals surface area contributed by atoms with E-state index in [-0.39, 0.29) is 42.1 Å². The van der Waals surface area contributed by atoms with Crippen LogP contribution in [-0.2, 0) is 36.6 Å². The number of ether oxygens (including phenoxy) is 3. The summed E-state index contributed by atoms with van der Waals surface area (Å²) in [5.74, 6) is -2.18. The first kappa shape index (κ1) is 32.0. The fourth-order valence-electron chi connectivity index (χ4n) is 6.42. The van der Waals surface area contributed by atoms with E-state index in [9.17, 15) is 34.8 Å². The number of benzene rings is 1. The van der Waals surface area contributed by atoms with Gasteiger partial charge in [-0.2, -0.15) is 0 Å². The first-order valence-corrected chi connectivity index (χ1v) is 15.3. The van der Waals surface area contributed by atoms with Gasteiger partial charge in [-0.15, -0.1) is 0 Å². The molecule has 1 aromatic heterocycles. The van der Waals surface area contributed by atoms with Crippen molar-refractivity contribution >= 4 is 17.8 Å². The number of nitrogens with one attached hydrogen (secondary N) is 1. The van der Waals surface area contributed by atoms with Crippen molar-refractivity contribution in [3.63, 3.8) is 0 Å². The van der Waals surface area contributed by atoms with Crippen molar-refractivity contribution in [3.05, 3.63) is 53.2 Å². The summed E-state index contributed by atoms with van der Waals surface area (Å²) in [4.78, 5) is 41.1. The van der Waals surface area contributed by atoms with E-state index in [1.807, 2.05) is 24.3 Å². The first-order chi connectivity index (χ1) is 21.2. The standard InChI is InChI=1S/C31H40N2O11/c1-2-3-6-13-32-28(38)19-15-41-29(33-19)23-18(20-10-11-21(23)42-20)14-17-8-5-4-7-16(17)9-12-22(34)43-31-26(37)24(35)25(36)27(44-31)30(39)40/h4-5,7-8,15,18,20-21,23-27,31,35-37H,2-3,6,9-14H2,1H3,(H,32,38)(H,39,40)/t18-,20-,21+,23-,24-,25-,26+,27-,31+/m0/s1. The fraction of sp³-hybridized carbons (Fsp3) is 0.613. The van der Waals surface area contributed by atoms with Gasteiger partial charge in [0.2, 0.25) is 12.2 Å². The fourth-order valence-corrected chi connectivity index (χ4v) is 6.42. The van der Waals surface area contributed by atoms with Crippen LogP contribution in [0.2, 0.25) is 0 Å². The van der Waals surface area contributed by atoms with Crippen molar-refractivity contribution in [2.45, 2.75) is 107 Å². The van der Waals surface area contributed by atoms with Crippen LogP contribution in [0.1, 0.15) is 78.9 Å². The third-order valence-corrected chi connectivity index (χ3v) is 8.76. The molecular weight excluding hydrogens is 576 g/mol. The number of amides is 1. The summed E-state index contributed by atoms with van der Waals surface area (Å²) in [6, 6.07) is 7.67. The topological polar surface area (TPSA) is 198 Å². The Morgan fingerprint density at radius 2 is 1.75 bits per heavy atom. The molecule has 1 amide bonds. The van der Waals surface area contributed by atoms with E-state index < -0.39 is 42.6 Å². The number of unbranched alkanes of at least 4 members (excludes halogenated alkanes) is 2. The van der Waals surface area contributed by atoms with Crippen molar-refractivity contribution in [2.75, 3.05) is 6.54 Å². The molecule has 13 nitrogen and oxygen atoms in total. The van der Waals surface area contributed by atoms with Gasteiger partial charge in [0.05, 0.1) is 18.1 Å². The van der Waals surface area contributed by atoms with E-state index in [4.69, 9.17) is 18.6 Å². The number of carboxylic acid groups (broad SMARTS) is 1. The van der Waals surface area contributed by atoms with E-state index in [0.717, 1.165) is 43.2 Å². The van der Waals surface area contributed by atoms with Crippen LogP contribution in [0.25, 0.3) is 0 Å². The number of rotatable bonds is 13. The largest absolute Gasteiger partial charge is 0.479 e. The van der Waals surface area contributed by atoms with Gasteiger partial charge in [0.1, 0.15) is 24.6 Å². The predicted molar refractivity (Wildman–Crippen MR) is 151 cm³/mol. The molecule has 3 saturated heterocycles. The third kappa shape index (κ3) is 6.97. The molecule has 2 bridgehead atoms. The monoisotopic (exact) mass is 616 g/mol. The number of aryl methyl sites for hydroxylation is 1. The van der Waals surface area contributed by atoms with E-state index >= 15 is 0 Å². The highest BCUT2D eigenvalue weighted by Crippen LogP contribution is 2.50. The lowest BCUT2D eigenvalue weighted by Gasteiger charge is -2.37. The second kappa shape index (κ2) is 14.2. The van der Waals surface area contributed by atoms with Crippen LogP contribution < -0.4 is 5.32 Å². The number of fused-ring (bicyclic) bond motifs is 2. The summed E-state index contributed by atoms with van der Waals surface area (Å²) in [6.45, 7) is 2.69. The molecule has 0 radical (unpaired) electrons. The number of aliphatic hydroxyl groups is 3. The number of aliphatic hydroxyl groups excluding tert-OH is 3. The summed E-state index contributed by atoms with van der Waals surface area (Å²) >= 11 is 0. The molecule has 0 spiro atoms. The molecule has 2 aromatic rings. The average Bonchev–Trinajstić information content (AvgIpc) is 3.76. The van der Waals surface area contributed by atoms with Gasteiger partial charge in [-0.25, -0.2) is 9.78 Å². The van der Waals surface area contributed by atoms with Crippen LogP contribution in [0.5, 0.6) is 0 Å². The van der Waals surface area contributed by atoms with Crippen molar-refractivity contribution in [1.82, 2.24) is 10.3 Å². The molecule has 13 heteroatoms. The van der Waals surface area contributed by atoms with Gasteiger partial charge >= 0.3 is 11.9 Å². The quantitative estimate of drug-likeness (QED) is 0.161. The minimum Gasteiger partial charge on any atom is -0.479 e. The highest BCUT2D eigenvalue weighted by Gasteiger charge is 2.52. The number of hydrogen-bond donors (Lipinski definition) is 5. The molecule has 0 saturated carbocycles. The zero-order chi connectivity index (χ0) is 31.4. The molecule has 5 rings (SSSR count). The zero-order valence-electron chi connectivity index (χ0n) is 24.5. The van der Waals surface area contributed by atoms with Crippen LogP contribution >= 0.6 is 0 Å². The lowest BCUT2D eigenvalue weighted by Crippen LogP contribution is -2.60. The van der Waals surface area contributed by atoms with Gasteiger partial charge < -0.3 is 44.4 Å². The Hall–Kier alpha value is -3.36. The van der Waals surface area contributed by atoms with Gasteiger partial charge in [-0.3, -0.25) is 9.59 Å². The summed E-state index contributed by atoms with van der Waals surface area (Å²) < 4.78 is 22.3. The van der Waals surface area contributed by atoms with Gasteiger partial charge in [0, 0.05) is 18.9 Å².